The first-order valence-corrected chi connectivity index (χ1v) is 8.57. The molecule has 0 bridgehead atoms. The van der Waals surface area contributed by atoms with Gasteiger partial charge in [0.15, 0.2) is 0 Å². The minimum Gasteiger partial charge on any atom is -0.367 e. The lowest BCUT2D eigenvalue weighted by molar-refractivity contribution is -0.131. The molecule has 2 atom stereocenters. The Balaban J connectivity index is 1.43. The highest BCUT2D eigenvalue weighted by Gasteiger charge is 2.55. The van der Waals surface area contributed by atoms with Gasteiger partial charge in [0, 0.05) is 38.1 Å². The Morgan fingerprint density at radius 1 is 1.43 bits per heavy atom. The second kappa shape index (κ2) is 5.76. The maximum Gasteiger partial charge on any atom is 0.239 e. The Kier molecular flexibility index (Phi) is 3.73. The number of amides is 1. The van der Waals surface area contributed by atoms with Gasteiger partial charge in [0.1, 0.15) is 5.82 Å². The first-order valence-electron chi connectivity index (χ1n) is 8.57. The lowest BCUT2D eigenvalue weighted by atomic mass is 9.80. The number of nitrogens with two attached hydrogens (primary N) is 1. The molecular weight excluding hydrogens is 294 g/mol. The first kappa shape index (κ1) is 14.9. The molecule has 0 aromatic carbocycles. The zero-order valence-electron chi connectivity index (χ0n) is 13.3. The topological polar surface area (TPSA) is 112 Å². The molecule has 0 unspecified atom stereocenters. The number of H-pyrrole nitrogens is 1. The zero-order chi connectivity index (χ0) is 15.9. The summed E-state index contributed by atoms with van der Waals surface area (Å²) in [5, 5.41) is 13.0. The van der Waals surface area contributed by atoms with E-state index in [9.17, 15) is 4.79 Å². The van der Waals surface area contributed by atoms with Crippen LogP contribution in [-0.4, -0.2) is 58.2 Å². The van der Waals surface area contributed by atoms with Crippen LogP contribution in [-0.2, 0) is 11.3 Å². The number of nitrogens with zero attached hydrogens (tertiary/aromatic N) is 3. The molecule has 3 aliphatic rings. The number of aromatic nitrogens is 3. The maximum atomic E-state index is 12.9. The van der Waals surface area contributed by atoms with Crippen molar-refractivity contribution in [3.63, 3.8) is 0 Å². The minimum atomic E-state index is -0.297. The van der Waals surface area contributed by atoms with Gasteiger partial charge in [-0.2, -0.15) is 4.98 Å². The molecule has 3 heterocycles. The average Bonchev–Trinajstić information content (AvgIpc) is 3.27. The number of carbonyl (C=O) groups is 1. The van der Waals surface area contributed by atoms with Crippen molar-refractivity contribution in [1.29, 1.82) is 0 Å². The van der Waals surface area contributed by atoms with Crippen molar-refractivity contribution < 1.29 is 4.79 Å². The van der Waals surface area contributed by atoms with Gasteiger partial charge in [-0.15, -0.1) is 5.10 Å². The molecule has 1 aliphatic carbocycles. The largest absolute Gasteiger partial charge is 0.367 e. The maximum absolute atomic E-state index is 12.9. The van der Waals surface area contributed by atoms with Crippen molar-refractivity contribution in [2.75, 3.05) is 31.9 Å². The third kappa shape index (κ3) is 2.59. The molecule has 8 heteroatoms. The Morgan fingerprint density at radius 3 is 3.00 bits per heavy atom. The molecule has 23 heavy (non-hydrogen) atoms. The van der Waals surface area contributed by atoms with Crippen molar-refractivity contribution in [3.05, 3.63) is 5.82 Å². The Morgan fingerprint density at radius 2 is 2.26 bits per heavy atom. The predicted octanol–water partition coefficient (Wildman–Crippen LogP) is -0.533. The van der Waals surface area contributed by atoms with E-state index in [4.69, 9.17) is 5.73 Å². The number of hydrogen-bond donors (Lipinski definition) is 4. The van der Waals surface area contributed by atoms with Crippen molar-refractivity contribution in [2.24, 2.45) is 11.3 Å². The van der Waals surface area contributed by atoms with Crippen molar-refractivity contribution in [1.82, 2.24) is 30.7 Å². The first-order chi connectivity index (χ1) is 11.2. The van der Waals surface area contributed by atoms with E-state index in [0.717, 1.165) is 26.2 Å². The highest BCUT2D eigenvalue weighted by atomic mass is 16.2. The smallest absolute Gasteiger partial charge is 0.239 e. The SMILES string of the molecule is Nc1n[nH]c(CNC(=O)[C@@]23CNC[C@@H]2CN(C2CCCC2)C3)n1. The molecule has 0 spiro atoms. The third-order valence-electron chi connectivity index (χ3n) is 5.81. The molecule has 1 aromatic rings. The highest BCUT2D eigenvalue weighted by Crippen LogP contribution is 2.42. The van der Waals surface area contributed by atoms with Crippen molar-refractivity contribution >= 4 is 11.9 Å². The Hall–Kier alpha value is -1.67. The Bertz CT molecular complexity index is 582. The number of fused-ring (bicyclic) bond motifs is 1. The molecule has 1 aromatic heterocycles. The highest BCUT2D eigenvalue weighted by molar-refractivity contribution is 5.84. The number of aromatic amines is 1. The quantitative estimate of drug-likeness (QED) is 0.593. The molecule has 126 valence electrons. The number of carbonyl (C=O) groups excluding carboxylic acids is 1. The predicted molar refractivity (Wildman–Crippen MR) is 85.3 cm³/mol. The van der Waals surface area contributed by atoms with Crippen LogP contribution in [0.5, 0.6) is 0 Å². The zero-order valence-corrected chi connectivity index (χ0v) is 13.3. The number of likely N-dealkylation sites (tertiary alicyclic amines) is 1. The van der Waals surface area contributed by atoms with Gasteiger partial charge in [-0.3, -0.25) is 14.8 Å². The number of nitrogens with one attached hydrogen (secondary N) is 3. The molecule has 8 nitrogen and oxygen atoms in total. The number of nitrogen functional groups attached to an aromatic ring is 1. The van der Waals surface area contributed by atoms with Crippen LogP contribution in [0.25, 0.3) is 0 Å². The molecule has 1 amide bonds. The van der Waals surface area contributed by atoms with E-state index in [1.165, 1.54) is 25.7 Å². The van der Waals surface area contributed by atoms with E-state index in [1.807, 2.05) is 0 Å². The summed E-state index contributed by atoms with van der Waals surface area (Å²) in [6.07, 6.45) is 5.23. The van der Waals surface area contributed by atoms with Gasteiger partial charge in [-0.1, -0.05) is 12.8 Å². The summed E-state index contributed by atoms with van der Waals surface area (Å²) in [5.74, 6) is 1.34. The van der Waals surface area contributed by atoms with Crippen LogP contribution in [0, 0.1) is 11.3 Å². The van der Waals surface area contributed by atoms with Crippen LogP contribution >= 0.6 is 0 Å². The summed E-state index contributed by atoms with van der Waals surface area (Å²) in [6, 6.07) is 0.680. The fourth-order valence-electron chi connectivity index (χ4n) is 4.56. The lowest BCUT2D eigenvalue weighted by Gasteiger charge is -2.28. The van der Waals surface area contributed by atoms with Crippen LogP contribution < -0.4 is 16.4 Å². The fraction of sp³-hybridized carbons (Fsp3) is 0.800. The number of hydrogen-bond acceptors (Lipinski definition) is 6. The van der Waals surface area contributed by atoms with Crippen LogP contribution in [0.4, 0.5) is 5.95 Å². The Labute approximate surface area is 135 Å². The molecular formula is C15H25N7O. The lowest BCUT2D eigenvalue weighted by Crippen LogP contribution is -2.47. The summed E-state index contributed by atoms with van der Waals surface area (Å²) in [4.78, 5) is 19.5. The number of anilines is 1. The van der Waals surface area contributed by atoms with Gasteiger partial charge in [0.25, 0.3) is 0 Å². The summed E-state index contributed by atoms with van der Waals surface area (Å²) in [7, 11) is 0. The molecule has 4 rings (SSSR count). The van der Waals surface area contributed by atoms with Gasteiger partial charge in [0.05, 0.1) is 12.0 Å². The third-order valence-corrected chi connectivity index (χ3v) is 5.81. The van der Waals surface area contributed by atoms with E-state index < -0.39 is 0 Å². The summed E-state index contributed by atoms with van der Waals surface area (Å²) in [5.41, 5.74) is 5.20. The monoisotopic (exact) mass is 319 g/mol. The van der Waals surface area contributed by atoms with Crippen LogP contribution in [0.15, 0.2) is 0 Å². The molecule has 0 radical (unpaired) electrons. The van der Waals surface area contributed by atoms with Crippen LogP contribution in [0.1, 0.15) is 31.5 Å². The number of rotatable bonds is 4. The fourth-order valence-corrected chi connectivity index (χ4v) is 4.56. The van der Waals surface area contributed by atoms with Crippen molar-refractivity contribution in [2.45, 2.75) is 38.3 Å². The van der Waals surface area contributed by atoms with Gasteiger partial charge < -0.3 is 16.4 Å². The minimum absolute atomic E-state index is 0.128. The van der Waals surface area contributed by atoms with Crippen LogP contribution in [0.3, 0.4) is 0 Å². The van der Waals surface area contributed by atoms with Gasteiger partial charge in [0.2, 0.25) is 11.9 Å². The normalized spacial score (nSPS) is 31.6. The second-order valence-electron chi connectivity index (χ2n) is 7.17. The standard InChI is InChI=1S/C15H25N7O/c16-14-19-12(20-21-14)6-18-13(23)15-8-17-5-10(15)7-22(9-15)11-3-1-2-4-11/h10-11,17H,1-9H2,(H,18,23)(H3,16,19,20,21)/t10-,15-/m1/s1. The van der Waals surface area contributed by atoms with E-state index in [-0.39, 0.29) is 17.3 Å². The van der Waals surface area contributed by atoms with Gasteiger partial charge in [-0.25, -0.2) is 0 Å². The van der Waals surface area contributed by atoms with E-state index in [1.54, 1.807) is 0 Å². The summed E-state index contributed by atoms with van der Waals surface area (Å²) < 4.78 is 0. The van der Waals surface area contributed by atoms with E-state index >= 15 is 0 Å². The summed E-state index contributed by atoms with van der Waals surface area (Å²) >= 11 is 0. The van der Waals surface area contributed by atoms with E-state index in [0.29, 0.717) is 24.3 Å². The summed E-state index contributed by atoms with van der Waals surface area (Å²) in [6.45, 7) is 3.97. The molecule has 3 fully saturated rings. The molecule has 5 N–H and O–H groups in total. The van der Waals surface area contributed by atoms with Gasteiger partial charge >= 0.3 is 0 Å². The second-order valence-corrected chi connectivity index (χ2v) is 7.17. The molecule has 2 aliphatic heterocycles. The van der Waals surface area contributed by atoms with Crippen molar-refractivity contribution in [3.8, 4) is 0 Å². The van der Waals surface area contributed by atoms with Gasteiger partial charge in [-0.05, 0) is 12.8 Å². The molecule has 2 saturated heterocycles. The van der Waals surface area contributed by atoms with E-state index in [2.05, 4.69) is 30.7 Å². The average molecular weight is 319 g/mol. The van der Waals surface area contributed by atoms with Crippen LogP contribution in [0.2, 0.25) is 0 Å². The molecule has 1 saturated carbocycles.